The van der Waals surface area contributed by atoms with E-state index in [2.05, 4.69) is 61.5 Å². The Hall–Kier alpha value is -2.00. The Kier molecular flexibility index (Phi) is 8.33. The van der Waals surface area contributed by atoms with E-state index in [1.54, 1.807) is 7.11 Å². The molecule has 0 aliphatic rings. The molecular weight excluding hydrogens is 310 g/mol. The lowest BCUT2D eigenvalue weighted by molar-refractivity contribution is 0.279. The van der Waals surface area contributed by atoms with E-state index < -0.39 is 0 Å². The summed E-state index contributed by atoms with van der Waals surface area (Å²) >= 11 is 0. The molecule has 0 atom stereocenters. The molecule has 0 aromatic heterocycles. The molecule has 0 saturated heterocycles. The van der Waals surface area contributed by atoms with Crippen molar-refractivity contribution >= 4 is 0 Å². The minimum absolute atomic E-state index is 0.777. The molecule has 136 valence electrons. The van der Waals surface area contributed by atoms with Gasteiger partial charge in [0.05, 0.1) is 13.7 Å². The molecule has 0 bridgehead atoms. The lowest BCUT2D eigenvalue weighted by Crippen LogP contribution is -2.15. The van der Waals surface area contributed by atoms with Crippen LogP contribution >= 0.6 is 0 Å². The van der Waals surface area contributed by atoms with Gasteiger partial charge in [0.25, 0.3) is 0 Å². The topological polar surface area (TPSA) is 21.7 Å². The molecule has 0 radical (unpaired) electrons. The minimum Gasteiger partial charge on any atom is -0.497 e. The second-order valence-electron chi connectivity index (χ2n) is 6.67. The van der Waals surface area contributed by atoms with Crippen molar-refractivity contribution in [1.82, 2.24) is 4.90 Å². The molecular formula is C22H31NO2. The minimum atomic E-state index is 0.777. The molecule has 0 amide bonds. The predicted octanol–water partition coefficient (Wildman–Crippen LogP) is 4.59. The lowest BCUT2D eigenvalue weighted by Gasteiger charge is -2.13. The Morgan fingerprint density at radius 2 is 1.68 bits per heavy atom. The van der Waals surface area contributed by atoms with Gasteiger partial charge in [-0.3, -0.25) is 0 Å². The average Bonchev–Trinajstić information content (AvgIpc) is 2.63. The molecule has 0 saturated carbocycles. The normalized spacial score (nSPS) is 10.9. The zero-order valence-electron chi connectivity index (χ0n) is 15.8. The Bertz CT molecular complexity index is 625. The summed E-state index contributed by atoms with van der Waals surface area (Å²) in [5.41, 5.74) is 2.66. The van der Waals surface area contributed by atoms with Crippen molar-refractivity contribution in [3.8, 4) is 11.5 Å². The number of aryl methyl sites for hydroxylation is 2. The van der Waals surface area contributed by atoms with Gasteiger partial charge in [0.1, 0.15) is 11.5 Å². The number of para-hydroxylation sites is 1. The Balaban J connectivity index is 1.76. The van der Waals surface area contributed by atoms with Crippen LogP contribution < -0.4 is 9.47 Å². The Morgan fingerprint density at radius 1 is 0.880 bits per heavy atom. The first-order chi connectivity index (χ1) is 12.2. The highest BCUT2D eigenvalue weighted by atomic mass is 16.5. The molecule has 0 N–H and O–H groups in total. The van der Waals surface area contributed by atoms with Crippen molar-refractivity contribution in [2.75, 3.05) is 34.4 Å². The predicted molar refractivity (Wildman–Crippen MR) is 105 cm³/mol. The van der Waals surface area contributed by atoms with Gasteiger partial charge in [-0.2, -0.15) is 0 Å². The first-order valence-electron chi connectivity index (χ1n) is 9.17. The molecule has 25 heavy (non-hydrogen) atoms. The van der Waals surface area contributed by atoms with Crippen LogP contribution in [0.3, 0.4) is 0 Å². The summed E-state index contributed by atoms with van der Waals surface area (Å²) in [4.78, 5) is 2.19. The number of rotatable bonds is 11. The number of hydrogen-bond donors (Lipinski definition) is 0. The van der Waals surface area contributed by atoms with Crippen LogP contribution in [-0.4, -0.2) is 39.3 Å². The van der Waals surface area contributed by atoms with Crippen LogP contribution in [0.25, 0.3) is 0 Å². The number of ether oxygens (including phenoxy) is 2. The van der Waals surface area contributed by atoms with Gasteiger partial charge in [-0.25, -0.2) is 0 Å². The highest BCUT2D eigenvalue weighted by Crippen LogP contribution is 2.21. The molecule has 0 fully saturated rings. The summed E-state index contributed by atoms with van der Waals surface area (Å²) in [6.45, 7) is 1.84. The molecule has 0 spiro atoms. The molecule has 0 unspecified atom stereocenters. The maximum absolute atomic E-state index is 5.99. The van der Waals surface area contributed by atoms with Crippen molar-refractivity contribution in [2.24, 2.45) is 0 Å². The summed E-state index contributed by atoms with van der Waals surface area (Å²) in [6, 6.07) is 16.8. The fourth-order valence-corrected chi connectivity index (χ4v) is 2.89. The van der Waals surface area contributed by atoms with Gasteiger partial charge in [-0.05, 0) is 75.5 Å². The Morgan fingerprint density at radius 3 is 2.48 bits per heavy atom. The monoisotopic (exact) mass is 341 g/mol. The van der Waals surface area contributed by atoms with Crippen molar-refractivity contribution in [3.63, 3.8) is 0 Å². The van der Waals surface area contributed by atoms with E-state index in [1.807, 2.05) is 6.07 Å². The summed E-state index contributed by atoms with van der Waals surface area (Å²) in [7, 11) is 5.90. The van der Waals surface area contributed by atoms with Crippen LogP contribution in [-0.2, 0) is 12.8 Å². The first kappa shape index (κ1) is 19.3. The molecule has 2 aromatic rings. The second kappa shape index (κ2) is 10.8. The SMILES string of the molecule is COc1cccc(CCCCc2ccccc2OCCCN(C)C)c1. The maximum Gasteiger partial charge on any atom is 0.122 e. The number of benzene rings is 2. The van der Waals surface area contributed by atoms with E-state index in [4.69, 9.17) is 9.47 Å². The van der Waals surface area contributed by atoms with Gasteiger partial charge < -0.3 is 14.4 Å². The molecule has 2 aromatic carbocycles. The van der Waals surface area contributed by atoms with E-state index in [-0.39, 0.29) is 0 Å². The molecule has 0 aliphatic heterocycles. The fourth-order valence-electron chi connectivity index (χ4n) is 2.89. The average molecular weight is 341 g/mol. The zero-order chi connectivity index (χ0) is 17.9. The van der Waals surface area contributed by atoms with Crippen molar-refractivity contribution in [2.45, 2.75) is 32.1 Å². The first-order valence-corrected chi connectivity index (χ1v) is 9.17. The van der Waals surface area contributed by atoms with Gasteiger partial charge in [-0.1, -0.05) is 30.3 Å². The maximum atomic E-state index is 5.99. The van der Waals surface area contributed by atoms with Crippen LogP contribution in [0.1, 0.15) is 30.4 Å². The summed E-state index contributed by atoms with van der Waals surface area (Å²) < 4.78 is 11.3. The van der Waals surface area contributed by atoms with Gasteiger partial charge in [0.2, 0.25) is 0 Å². The number of methoxy groups -OCH3 is 1. The van der Waals surface area contributed by atoms with Crippen molar-refractivity contribution < 1.29 is 9.47 Å². The number of hydrogen-bond acceptors (Lipinski definition) is 3. The van der Waals surface area contributed by atoms with E-state index in [9.17, 15) is 0 Å². The summed E-state index contributed by atoms with van der Waals surface area (Å²) in [6.07, 6.45) is 5.53. The van der Waals surface area contributed by atoms with E-state index in [1.165, 1.54) is 17.5 Å². The molecule has 0 heterocycles. The van der Waals surface area contributed by atoms with Gasteiger partial charge in [0.15, 0.2) is 0 Å². The second-order valence-corrected chi connectivity index (χ2v) is 6.67. The van der Waals surface area contributed by atoms with Crippen LogP contribution in [0.5, 0.6) is 11.5 Å². The quantitative estimate of drug-likeness (QED) is 0.558. The molecule has 3 nitrogen and oxygen atoms in total. The molecule has 0 aliphatic carbocycles. The third-order valence-corrected chi connectivity index (χ3v) is 4.28. The molecule has 3 heteroatoms. The van der Waals surface area contributed by atoms with Gasteiger partial charge in [-0.15, -0.1) is 0 Å². The highest BCUT2D eigenvalue weighted by molar-refractivity contribution is 5.33. The van der Waals surface area contributed by atoms with Crippen LogP contribution in [0.15, 0.2) is 48.5 Å². The lowest BCUT2D eigenvalue weighted by atomic mass is 10.0. The Labute approximate surface area is 152 Å². The van der Waals surface area contributed by atoms with E-state index >= 15 is 0 Å². The smallest absolute Gasteiger partial charge is 0.122 e. The van der Waals surface area contributed by atoms with Crippen LogP contribution in [0.2, 0.25) is 0 Å². The third-order valence-electron chi connectivity index (χ3n) is 4.28. The zero-order valence-corrected chi connectivity index (χ0v) is 15.8. The van der Waals surface area contributed by atoms with Crippen LogP contribution in [0.4, 0.5) is 0 Å². The third kappa shape index (κ3) is 7.18. The summed E-state index contributed by atoms with van der Waals surface area (Å²) in [5, 5.41) is 0. The van der Waals surface area contributed by atoms with Crippen molar-refractivity contribution in [3.05, 3.63) is 59.7 Å². The van der Waals surface area contributed by atoms with Crippen molar-refractivity contribution in [1.29, 1.82) is 0 Å². The molecule has 2 rings (SSSR count). The number of unbranched alkanes of at least 4 members (excludes halogenated alkanes) is 1. The van der Waals surface area contributed by atoms with Crippen LogP contribution in [0, 0.1) is 0 Å². The van der Waals surface area contributed by atoms with Gasteiger partial charge in [0, 0.05) is 6.54 Å². The largest absolute Gasteiger partial charge is 0.497 e. The number of nitrogens with zero attached hydrogens (tertiary/aromatic N) is 1. The van der Waals surface area contributed by atoms with E-state index in [0.29, 0.717) is 0 Å². The van der Waals surface area contributed by atoms with Gasteiger partial charge >= 0.3 is 0 Å². The van der Waals surface area contributed by atoms with E-state index in [0.717, 1.165) is 50.3 Å². The highest BCUT2D eigenvalue weighted by Gasteiger charge is 2.04. The summed E-state index contributed by atoms with van der Waals surface area (Å²) in [5.74, 6) is 1.98. The standard InChI is InChI=1S/C22H31NO2/c1-23(2)16-9-17-25-22-15-7-6-13-20(22)12-5-4-10-19-11-8-14-21(18-19)24-3/h6-8,11,13-15,18H,4-5,9-10,12,16-17H2,1-3H3. The fraction of sp³-hybridized carbons (Fsp3) is 0.455.